The summed E-state index contributed by atoms with van der Waals surface area (Å²) in [7, 11) is -3.42. The Hall–Kier alpha value is -3.24. The molecule has 0 aliphatic heterocycles. The fraction of sp³-hybridized carbons (Fsp3) is 0.286. The van der Waals surface area contributed by atoms with Gasteiger partial charge < -0.3 is 14.4 Å². The van der Waals surface area contributed by atoms with Gasteiger partial charge in [-0.1, -0.05) is 19.1 Å². The summed E-state index contributed by atoms with van der Waals surface area (Å²) in [6, 6.07) is 10.6. The third-order valence-corrected chi connectivity index (χ3v) is 5.27. The van der Waals surface area contributed by atoms with Gasteiger partial charge in [-0.25, -0.2) is 23.4 Å². The predicted octanol–water partition coefficient (Wildman–Crippen LogP) is 3.02. The van der Waals surface area contributed by atoms with E-state index in [9.17, 15) is 13.5 Å². The van der Waals surface area contributed by atoms with E-state index in [1.807, 2.05) is 30.0 Å². The molecule has 0 atom stereocenters. The van der Waals surface area contributed by atoms with Crippen LogP contribution >= 0.6 is 0 Å². The van der Waals surface area contributed by atoms with Crippen LogP contribution in [0.1, 0.15) is 13.3 Å². The lowest BCUT2D eigenvalue weighted by atomic mass is 10.2. The molecule has 9 nitrogen and oxygen atoms in total. The third kappa shape index (κ3) is 4.44. The number of fused-ring (bicyclic) bond motifs is 3. The number of nitrogens with zero attached hydrogens (tertiary/aromatic N) is 4. The van der Waals surface area contributed by atoms with Crippen LogP contribution in [-0.4, -0.2) is 54.4 Å². The number of furan rings is 1. The highest BCUT2D eigenvalue weighted by atomic mass is 32.2. The Balaban J connectivity index is 1.94. The summed E-state index contributed by atoms with van der Waals surface area (Å²) in [6.45, 7) is 3.07. The van der Waals surface area contributed by atoms with Gasteiger partial charge in [0.2, 0.25) is 15.7 Å². The zero-order chi connectivity index (χ0) is 22.0. The molecule has 0 bridgehead atoms. The molecule has 3 aromatic heterocycles. The van der Waals surface area contributed by atoms with Crippen molar-refractivity contribution < 1.29 is 17.9 Å². The van der Waals surface area contributed by atoms with Crippen LogP contribution in [0.25, 0.3) is 33.6 Å². The van der Waals surface area contributed by atoms with E-state index in [1.165, 1.54) is 0 Å². The molecule has 31 heavy (non-hydrogen) atoms. The SMILES string of the molecule is CCCN(CCO)c1nc(-c2cccc(NS(C)(=O)=O)c2)nc2c1oc1ncccc12. The Kier molecular flexibility index (Phi) is 5.75. The number of aromatic nitrogens is 3. The lowest BCUT2D eigenvalue weighted by Gasteiger charge is -2.22. The maximum absolute atomic E-state index is 11.6. The number of sulfonamides is 1. The van der Waals surface area contributed by atoms with Crippen molar-refractivity contribution in [1.29, 1.82) is 0 Å². The van der Waals surface area contributed by atoms with Crippen LogP contribution in [0.3, 0.4) is 0 Å². The van der Waals surface area contributed by atoms with Crippen molar-refractivity contribution in [1.82, 2.24) is 15.0 Å². The molecule has 0 spiro atoms. The second-order valence-corrected chi connectivity index (χ2v) is 8.92. The number of rotatable bonds is 8. The van der Waals surface area contributed by atoms with Gasteiger partial charge in [0.1, 0.15) is 5.52 Å². The number of pyridine rings is 1. The molecule has 1 aromatic carbocycles. The van der Waals surface area contributed by atoms with Gasteiger partial charge in [0, 0.05) is 30.5 Å². The summed E-state index contributed by atoms with van der Waals surface area (Å²) in [5, 5.41) is 10.3. The topological polar surface area (TPSA) is 121 Å². The maximum atomic E-state index is 11.6. The first-order chi connectivity index (χ1) is 14.9. The summed E-state index contributed by atoms with van der Waals surface area (Å²) < 4.78 is 31.7. The van der Waals surface area contributed by atoms with Crippen LogP contribution in [0.2, 0.25) is 0 Å². The number of benzene rings is 1. The van der Waals surface area contributed by atoms with Crippen LogP contribution in [-0.2, 0) is 10.0 Å². The van der Waals surface area contributed by atoms with Crippen LogP contribution < -0.4 is 9.62 Å². The molecule has 10 heteroatoms. The molecule has 2 N–H and O–H groups in total. The minimum absolute atomic E-state index is 0.0347. The molecule has 0 unspecified atom stereocenters. The Morgan fingerprint density at radius 1 is 1.16 bits per heavy atom. The summed E-state index contributed by atoms with van der Waals surface area (Å²) in [6.07, 6.45) is 3.60. The van der Waals surface area contributed by atoms with Gasteiger partial charge in [-0.2, -0.15) is 0 Å². The highest BCUT2D eigenvalue weighted by molar-refractivity contribution is 7.92. The van der Waals surface area contributed by atoms with Crippen LogP contribution in [0.4, 0.5) is 11.5 Å². The number of nitrogens with one attached hydrogen (secondary N) is 1. The zero-order valence-electron chi connectivity index (χ0n) is 17.2. The molecular weight excluding hydrogens is 418 g/mol. The number of hydrogen-bond acceptors (Lipinski definition) is 8. The molecule has 0 fully saturated rings. The minimum atomic E-state index is -3.42. The lowest BCUT2D eigenvalue weighted by molar-refractivity contribution is 0.301. The van der Waals surface area contributed by atoms with E-state index in [4.69, 9.17) is 14.4 Å². The second kappa shape index (κ2) is 8.48. The van der Waals surface area contributed by atoms with Crippen LogP contribution in [0, 0.1) is 0 Å². The predicted molar refractivity (Wildman–Crippen MR) is 121 cm³/mol. The van der Waals surface area contributed by atoms with Gasteiger partial charge in [-0.15, -0.1) is 0 Å². The highest BCUT2D eigenvalue weighted by Crippen LogP contribution is 2.34. The number of hydrogen-bond donors (Lipinski definition) is 2. The summed E-state index contributed by atoms with van der Waals surface area (Å²) in [4.78, 5) is 15.7. The van der Waals surface area contributed by atoms with E-state index >= 15 is 0 Å². The van der Waals surface area contributed by atoms with E-state index in [-0.39, 0.29) is 6.61 Å². The first-order valence-electron chi connectivity index (χ1n) is 9.89. The third-order valence-electron chi connectivity index (χ3n) is 4.66. The Bertz CT molecular complexity index is 1330. The first-order valence-corrected chi connectivity index (χ1v) is 11.8. The van der Waals surface area contributed by atoms with Gasteiger partial charge in [0.15, 0.2) is 17.2 Å². The minimum Gasteiger partial charge on any atom is -0.432 e. The number of aliphatic hydroxyl groups excluding tert-OH is 1. The Labute approximate surface area is 179 Å². The molecule has 0 saturated heterocycles. The van der Waals surface area contributed by atoms with Gasteiger partial charge in [-0.3, -0.25) is 4.72 Å². The van der Waals surface area contributed by atoms with Crippen molar-refractivity contribution >= 4 is 43.7 Å². The van der Waals surface area contributed by atoms with Crippen LogP contribution in [0.15, 0.2) is 47.0 Å². The smallest absolute Gasteiger partial charge is 0.229 e. The van der Waals surface area contributed by atoms with E-state index in [1.54, 1.807) is 24.4 Å². The van der Waals surface area contributed by atoms with Crippen molar-refractivity contribution in [2.24, 2.45) is 0 Å². The summed E-state index contributed by atoms with van der Waals surface area (Å²) >= 11 is 0. The number of aliphatic hydroxyl groups is 1. The molecule has 0 saturated carbocycles. The van der Waals surface area contributed by atoms with Crippen LogP contribution in [0.5, 0.6) is 0 Å². The maximum Gasteiger partial charge on any atom is 0.229 e. The fourth-order valence-electron chi connectivity index (χ4n) is 3.46. The summed E-state index contributed by atoms with van der Waals surface area (Å²) in [5.41, 5.74) is 2.65. The summed E-state index contributed by atoms with van der Waals surface area (Å²) in [5.74, 6) is 0.987. The quantitative estimate of drug-likeness (QED) is 0.428. The zero-order valence-corrected chi connectivity index (χ0v) is 18.1. The molecule has 0 aliphatic rings. The molecule has 0 amide bonds. The molecule has 162 valence electrons. The largest absolute Gasteiger partial charge is 0.432 e. The van der Waals surface area contributed by atoms with Crippen molar-refractivity contribution in [2.45, 2.75) is 13.3 Å². The van der Waals surface area contributed by atoms with Crippen molar-refractivity contribution in [3.8, 4) is 11.4 Å². The first kappa shape index (κ1) is 21.0. The van der Waals surface area contributed by atoms with Gasteiger partial charge >= 0.3 is 0 Å². The highest BCUT2D eigenvalue weighted by Gasteiger charge is 2.21. The molecular formula is C21H23N5O4S. The average Bonchev–Trinajstić information content (AvgIpc) is 3.11. The van der Waals surface area contributed by atoms with Gasteiger partial charge in [0.25, 0.3) is 0 Å². The van der Waals surface area contributed by atoms with Gasteiger partial charge in [-0.05, 0) is 30.7 Å². The average molecular weight is 442 g/mol. The fourth-order valence-corrected chi connectivity index (χ4v) is 4.01. The standard InChI is InChI=1S/C21H23N5O4S/c1-3-10-26(11-12-27)20-18-17(16-8-5-9-22-21(16)30-18)23-19(24-20)14-6-4-7-15(13-14)25-31(2,28)29/h4-9,13,25,27H,3,10-12H2,1-2H3. The normalized spacial score (nSPS) is 11.8. The Morgan fingerprint density at radius 3 is 2.74 bits per heavy atom. The van der Waals surface area contributed by atoms with Crippen molar-refractivity contribution in [3.63, 3.8) is 0 Å². The molecule has 0 radical (unpaired) electrons. The van der Waals surface area contributed by atoms with E-state index in [2.05, 4.69) is 9.71 Å². The van der Waals surface area contributed by atoms with E-state index in [0.29, 0.717) is 52.8 Å². The molecule has 4 aromatic rings. The monoisotopic (exact) mass is 441 g/mol. The molecule has 3 heterocycles. The van der Waals surface area contributed by atoms with Gasteiger partial charge in [0.05, 0.1) is 18.2 Å². The molecule has 4 rings (SSSR count). The van der Waals surface area contributed by atoms with E-state index < -0.39 is 10.0 Å². The molecule has 0 aliphatic carbocycles. The lowest BCUT2D eigenvalue weighted by Crippen LogP contribution is -2.28. The Morgan fingerprint density at radius 2 is 2.00 bits per heavy atom. The number of anilines is 2. The second-order valence-electron chi connectivity index (χ2n) is 7.17. The van der Waals surface area contributed by atoms with E-state index in [0.717, 1.165) is 18.1 Å². The van der Waals surface area contributed by atoms with Crippen molar-refractivity contribution in [2.75, 3.05) is 35.6 Å². The van der Waals surface area contributed by atoms with Crippen molar-refractivity contribution in [3.05, 3.63) is 42.6 Å².